The Morgan fingerprint density at radius 2 is 1.70 bits per heavy atom. The first-order valence-corrected chi connectivity index (χ1v) is 6.44. The maximum Gasteiger partial charge on any atom is 0.339 e. The lowest BCUT2D eigenvalue weighted by Crippen LogP contribution is -2.07. The van der Waals surface area contributed by atoms with Crippen LogP contribution >= 0.6 is 0 Å². The largest absolute Gasteiger partial charge is 0.478 e. The molecule has 0 atom stereocenters. The zero-order valence-electron chi connectivity index (χ0n) is 12.1. The number of aromatic carboxylic acids is 1. The van der Waals surface area contributed by atoms with Crippen molar-refractivity contribution in [3.8, 4) is 0 Å². The summed E-state index contributed by atoms with van der Waals surface area (Å²) in [5.41, 5.74) is 5.19. The van der Waals surface area contributed by atoms with Crippen LogP contribution in [0.3, 0.4) is 0 Å². The summed E-state index contributed by atoms with van der Waals surface area (Å²) in [4.78, 5) is 15.6. The highest BCUT2D eigenvalue weighted by atomic mass is 16.4. The van der Waals surface area contributed by atoms with Crippen LogP contribution < -0.4 is 5.32 Å². The number of benzene rings is 1. The van der Waals surface area contributed by atoms with Crippen LogP contribution in [0.2, 0.25) is 0 Å². The number of nitrogens with zero attached hydrogens (tertiary/aromatic N) is 1. The molecule has 0 radical (unpaired) electrons. The number of carboxylic acid groups (broad SMARTS) is 1. The Kier molecular flexibility index (Phi) is 3.74. The maximum absolute atomic E-state index is 11.3. The fraction of sp³-hybridized carbons (Fsp3) is 0.250. The molecule has 20 heavy (non-hydrogen) atoms. The molecule has 0 aliphatic carbocycles. The zero-order chi connectivity index (χ0) is 14.9. The predicted octanol–water partition coefficient (Wildman–Crippen LogP) is 3.76. The van der Waals surface area contributed by atoms with Crippen molar-refractivity contribution in [1.82, 2.24) is 4.98 Å². The molecule has 1 aromatic carbocycles. The highest BCUT2D eigenvalue weighted by Gasteiger charge is 2.13. The molecule has 0 aliphatic heterocycles. The van der Waals surface area contributed by atoms with Crippen molar-refractivity contribution in [3.63, 3.8) is 0 Å². The highest BCUT2D eigenvalue weighted by molar-refractivity contribution is 5.94. The van der Waals surface area contributed by atoms with Crippen molar-refractivity contribution in [2.75, 3.05) is 5.32 Å². The fourth-order valence-electron chi connectivity index (χ4n) is 2.32. The third-order valence-electron chi connectivity index (χ3n) is 3.19. The van der Waals surface area contributed by atoms with Gasteiger partial charge in [-0.15, -0.1) is 0 Å². The smallest absolute Gasteiger partial charge is 0.339 e. The van der Waals surface area contributed by atoms with Crippen LogP contribution in [-0.4, -0.2) is 16.1 Å². The quantitative estimate of drug-likeness (QED) is 0.891. The molecule has 0 unspecified atom stereocenters. The minimum atomic E-state index is -0.984. The number of aryl methyl sites for hydroxylation is 4. The Morgan fingerprint density at radius 3 is 2.25 bits per heavy atom. The predicted molar refractivity (Wildman–Crippen MR) is 79.9 cm³/mol. The van der Waals surface area contributed by atoms with Crippen molar-refractivity contribution in [3.05, 3.63) is 52.2 Å². The van der Waals surface area contributed by atoms with Crippen LogP contribution in [0.25, 0.3) is 0 Å². The molecule has 1 heterocycles. The molecule has 104 valence electrons. The molecule has 0 fully saturated rings. The number of pyridine rings is 1. The minimum absolute atomic E-state index is 0.176. The second-order valence-corrected chi connectivity index (χ2v) is 5.05. The third kappa shape index (κ3) is 2.79. The van der Waals surface area contributed by atoms with Gasteiger partial charge in [0.05, 0.1) is 0 Å². The molecule has 0 saturated heterocycles. The van der Waals surface area contributed by atoms with E-state index in [1.165, 1.54) is 5.56 Å². The molecule has 0 aliphatic rings. The van der Waals surface area contributed by atoms with Crippen LogP contribution in [0.5, 0.6) is 0 Å². The van der Waals surface area contributed by atoms with E-state index in [0.717, 1.165) is 22.5 Å². The lowest BCUT2D eigenvalue weighted by molar-refractivity contribution is 0.0697. The van der Waals surface area contributed by atoms with E-state index in [9.17, 15) is 9.90 Å². The molecule has 2 aromatic rings. The van der Waals surface area contributed by atoms with E-state index < -0.39 is 5.97 Å². The normalized spacial score (nSPS) is 10.4. The Hall–Kier alpha value is -2.36. The molecule has 0 saturated carbocycles. The number of nitrogens with one attached hydrogen (secondary N) is 1. The van der Waals surface area contributed by atoms with Gasteiger partial charge in [0.2, 0.25) is 0 Å². The van der Waals surface area contributed by atoms with Crippen LogP contribution in [0, 0.1) is 27.7 Å². The van der Waals surface area contributed by atoms with E-state index in [2.05, 4.69) is 22.4 Å². The number of anilines is 2. The van der Waals surface area contributed by atoms with E-state index in [1.54, 1.807) is 12.1 Å². The highest BCUT2D eigenvalue weighted by Crippen LogP contribution is 2.27. The average molecular weight is 270 g/mol. The molecule has 4 nitrogen and oxygen atoms in total. The van der Waals surface area contributed by atoms with E-state index in [1.807, 2.05) is 27.7 Å². The topological polar surface area (TPSA) is 62.2 Å². The summed E-state index contributed by atoms with van der Waals surface area (Å²) >= 11 is 0. The maximum atomic E-state index is 11.3. The van der Waals surface area contributed by atoms with E-state index >= 15 is 0 Å². The van der Waals surface area contributed by atoms with E-state index in [-0.39, 0.29) is 5.56 Å². The summed E-state index contributed by atoms with van der Waals surface area (Å²) < 4.78 is 0. The molecule has 2 rings (SSSR count). The first-order valence-electron chi connectivity index (χ1n) is 6.44. The van der Waals surface area contributed by atoms with Gasteiger partial charge >= 0.3 is 5.97 Å². The number of hydrogen-bond donors (Lipinski definition) is 2. The van der Waals surface area contributed by atoms with Crippen LogP contribution in [-0.2, 0) is 0 Å². The van der Waals surface area contributed by atoms with Crippen LogP contribution in [0.1, 0.15) is 32.7 Å². The average Bonchev–Trinajstić information content (AvgIpc) is 2.33. The Labute approximate surface area is 118 Å². The minimum Gasteiger partial charge on any atom is -0.478 e. The van der Waals surface area contributed by atoms with Crippen LogP contribution in [0.4, 0.5) is 11.5 Å². The first kappa shape index (κ1) is 14.1. The lowest BCUT2D eigenvalue weighted by atomic mass is 10.0. The molecule has 0 amide bonds. The lowest BCUT2D eigenvalue weighted by Gasteiger charge is -2.15. The van der Waals surface area contributed by atoms with Gasteiger partial charge in [-0.05, 0) is 51.0 Å². The van der Waals surface area contributed by atoms with Gasteiger partial charge in [0, 0.05) is 11.4 Å². The summed E-state index contributed by atoms with van der Waals surface area (Å²) in [6.45, 7) is 7.88. The standard InChI is InChI=1S/C16H18N2O2/c1-9-7-10(2)14(11(3)8-9)18-15-13(16(19)20)6-5-12(4)17-15/h5-8H,1-4H3,(H,17,18)(H,19,20). The monoisotopic (exact) mass is 270 g/mol. The van der Waals surface area contributed by atoms with E-state index in [0.29, 0.717) is 5.82 Å². The van der Waals surface area contributed by atoms with Crippen molar-refractivity contribution in [2.24, 2.45) is 0 Å². The summed E-state index contributed by atoms with van der Waals surface area (Å²) in [7, 11) is 0. The number of hydrogen-bond acceptors (Lipinski definition) is 3. The molecule has 0 bridgehead atoms. The van der Waals surface area contributed by atoms with Gasteiger partial charge in [-0.2, -0.15) is 0 Å². The first-order chi connectivity index (χ1) is 9.38. The number of carboxylic acids is 1. The van der Waals surface area contributed by atoms with Gasteiger partial charge in [-0.3, -0.25) is 0 Å². The van der Waals surface area contributed by atoms with Crippen LogP contribution in [0.15, 0.2) is 24.3 Å². The number of aromatic nitrogens is 1. The van der Waals surface area contributed by atoms with Gasteiger partial charge in [-0.25, -0.2) is 9.78 Å². The molecular weight excluding hydrogens is 252 g/mol. The van der Waals surface area contributed by atoms with Gasteiger partial charge in [0.1, 0.15) is 11.4 Å². The Bertz CT molecular complexity index is 655. The Morgan fingerprint density at radius 1 is 1.10 bits per heavy atom. The SMILES string of the molecule is Cc1cc(C)c(Nc2nc(C)ccc2C(=O)O)c(C)c1. The van der Waals surface area contributed by atoms with Crippen molar-refractivity contribution >= 4 is 17.5 Å². The second-order valence-electron chi connectivity index (χ2n) is 5.05. The molecular formula is C16H18N2O2. The van der Waals surface area contributed by atoms with Crippen molar-refractivity contribution in [1.29, 1.82) is 0 Å². The summed E-state index contributed by atoms with van der Waals surface area (Å²) in [6.07, 6.45) is 0. The third-order valence-corrected chi connectivity index (χ3v) is 3.19. The zero-order valence-corrected chi connectivity index (χ0v) is 12.1. The number of carbonyl (C=O) groups is 1. The van der Waals surface area contributed by atoms with Gasteiger partial charge < -0.3 is 10.4 Å². The number of rotatable bonds is 3. The summed E-state index contributed by atoms with van der Waals surface area (Å²) in [5, 5.41) is 12.4. The van der Waals surface area contributed by atoms with E-state index in [4.69, 9.17) is 0 Å². The van der Waals surface area contributed by atoms with Gasteiger partial charge in [0.25, 0.3) is 0 Å². The summed E-state index contributed by atoms with van der Waals surface area (Å²) in [6, 6.07) is 7.40. The van der Waals surface area contributed by atoms with Crippen molar-refractivity contribution in [2.45, 2.75) is 27.7 Å². The summed E-state index contributed by atoms with van der Waals surface area (Å²) in [5.74, 6) is -0.602. The fourth-order valence-corrected chi connectivity index (χ4v) is 2.32. The van der Waals surface area contributed by atoms with Gasteiger partial charge in [0.15, 0.2) is 0 Å². The second kappa shape index (κ2) is 5.33. The van der Waals surface area contributed by atoms with Crippen molar-refractivity contribution < 1.29 is 9.90 Å². The van der Waals surface area contributed by atoms with Gasteiger partial charge in [-0.1, -0.05) is 17.7 Å². The Balaban J connectivity index is 2.50. The molecule has 4 heteroatoms. The molecule has 0 spiro atoms. The molecule has 1 aromatic heterocycles. The molecule has 2 N–H and O–H groups in total.